The normalized spacial score (nSPS) is 14.2. The fourth-order valence-corrected chi connectivity index (χ4v) is 11.9. The zero-order chi connectivity index (χ0) is 57.3. The molecule has 0 bridgehead atoms. The Morgan fingerprint density at radius 3 is 1.60 bits per heavy atom. The van der Waals surface area contributed by atoms with E-state index in [1.165, 1.54) is 24.8 Å². The van der Waals surface area contributed by atoms with Gasteiger partial charge in [-0.2, -0.15) is 5.26 Å². The average Bonchev–Trinajstić information content (AvgIpc) is 2.48. The Kier molecular flexibility index (Phi) is 21.6. The summed E-state index contributed by atoms with van der Waals surface area (Å²) in [7, 11) is 0. The summed E-state index contributed by atoms with van der Waals surface area (Å²) < 4.78 is 11.4. The van der Waals surface area contributed by atoms with Crippen molar-refractivity contribution < 1.29 is 23.9 Å². The molecule has 0 saturated heterocycles. The molecule has 9 nitrogen and oxygen atoms in total. The molecule has 1 aromatic heterocycles. The van der Waals surface area contributed by atoms with Crippen molar-refractivity contribution in [3.63, 3.8) is 0 Å². The second kappa shape index (κ2) is 29.3. The lowest BCUT2D eigenvalue weighted by atomic mass is 9.97. The molecule has 0 N–H and O–H groups in total. The number of ether oxygens (including phenoxy) is 2. The van der Waals surface area contributed by atoms with Gasteiger partial charge < -0.3 is 24.2 Å². The van der Waals surface area contributed by atoms with Crippen LogP contribution < -0.4 is 9.64 Å². The predicted molar refractivity (Wildman–Crippen MR) is 334 cm³/mol. The molecule has 3 heterocycles. The fraction of sp³-hybridized carbons (Fsp3) is 0.380. The lowest BCUT2D eigenvalue weighted by Gasteiger charge is -2.26. The van der Waals surface area contributed by atoms with E-state index in [-0.39, 0.29) is 35.8 Å². The van der Waals surface area contributed by atoms with Gasteiger partial charge in [0.25, 0.3) is 11.8 Å². The summed E-state index contributed by atoms with van der Waals surface area (Å²) in [6.07, 6.45) is 16.0. The molecule has 6 aromatic rings. The first-order valence-electron chi connectivity index (χ1n) is 30.0. The third-order valence-corrected chi connectivity index (χ3v) is 17.0. The number of unbranched alkanes of at least 4 members (excludes halogenated alkanes) is 6. The van der Waals surface area contributed by atoms with Crippen LogP contribution in [0.5, 0.6) is 5.75 Å². The van der Waals surface area contributed by atoms with Crippen molar-refractivity contribution in [1.82, 2.24) is 9.80 Å². The highest BCUT2D eigenvalue weighted by Gasteiger charge is 2.49. The zero-order valence-electron chi connectivity index (χ0n) is 48.9. The lowest BCUT2D eigenvalue weighted by Crippen LogP contribution is -2.32. The first-order chi connectivity index (χ1) is 39.5. The van der Waals surface area contributed by atoms with Crippen molar-refractivity contribution in [2.75, 3.05) is 31.2 Å². The maximum atomic E-state index is 15.5. The second-order valence-electron chi connectivity index (χ2n) is 21.8. The maximum Gasteiger partial charge on any atom is 0.348 e. The van der Waals surface area contributed by atoms with Gasteiger partial charge in [0, 0.05) is 39.9 Å². The number of aryl methyl sites for hydroxylation is 1. The smallest absolute Gasteiger partial charge is 0.348 e. The van der Waals surface area contributed by atoms with E-state index in [1.54, 1.807) is 17.4 Å². The van der Waals surface area contributed by atoms with Crippen molar-refractivity contribution in [3.8, 4) is 33.4 Å². The van der Waals surface area contributed by atoms with Crippen molar-refractivity contribution in [2.45, 2.75) is 138 Å². The standard InChI is InChI=1S/C71H82N4O5S/c1-8-14-18-19-45-79-62-40-38-61(39-41-62)75(59-34-22-50(7)23-35-59)60-36-32-55(33-37-60)54-28-30-57(31-29-54)65-67-68(74(69(65)76)49-52(13-6)21-16-10-3)66(70(77)73(67)48-51(12-5)20-15-9-2)64-43-42-63(81-64)56-26-24-53(25-27-56)46-58(47-72)71(78)80-44-17-11-4/h22-43,46,51-52H,8-21,44-45,48-49H2,1-7H3/b58-46+. The molecular formula is C71H82N4O5S. The molecule has 10 heteroatoms. The Labute approximate surface area is 486 Å². The van der Waals surface area contributed by atoms with Crippen LogP contribution in [0.3, 0.4) is 0 Å². The predicted octanol–water partition coefficient (Wildman–Crippen LogP) is 18.3. The molecule has 2 unspecified atom stereocenters. The Morgan fingerprint density at radius 2 is 1.05 bits per heavy atom. The first-order valence-corrected chi connectivity index (χ1v) is 30.8. The molecule has 0 saturated carbocycles. The van der Waals surface area contributed by atoms with Gasteiger partial charge in [-0.3, -0.25) is 9.59 Å². The number of carbonyl (C=O) groups is 3. The molecular weight excluding hydrogens is 1020 g/mol. The molecule has 2 aliphatic rings. The van der Waals surface area contributed by atoms with Crippen molar-refractivity contribution in [1.29, 1.82) is 5.26 Å². The van der Waals surface area contributed by atoms with Crippen LogP contribution in [0.1, 0.15) is 153 Å². The molecule has 2 amide bonds. The third kappa shape index (κ3) is 14.5. The monoisotopic (exact) mass is 1100 g/mol. The van der Waals surface area contributed by atoms with E-state index in [1.807, 2.05) is 59.2 Å². The highest BCUT2D eigenvalue weighted by atomic mass is 32.1. The van der Waals surface area contributed by atoms with Crippen molar-refractivity contribution in [3.05, 3.63) is 172 Å². The Balaban J connectivity index is 1.14. The Morgan fingerprint density at radius 1 is 0.556 bits per heavy atom. The van der Waals surface area contributed by atoms with Gasteiger partial charge in [-0.25, -0.2) is 4.79 Å². The summed E-state index contributed by atoms with van der Waals surface area (Å²) >= 11 is 1.54. The average molecular weight is 1100 g/mol. The van der Waals surface area contributed by atoms with E-state index >= 15 is 9.59 Å². The Bertz CT molecular complexity index is 3200. The van der Waals surface area contributed by atoms with Crippen LogP contribution in [0.25, 0.3) is 38.8 Å². The number of nitriles is 1. The van der Waals surface area contributed by atoms with Crippen molar-refractivity contribution in [2.24, 2.45) is 11.8 Å². The number of benzene rings is 5. The number of hydrogen-bond acceptors (Lipinski definition) is 8. The van der Waals surface area contributed by atoms with Gasteiger partial charge in [0.2, 0.25) is 0 Å². The van der Waals surface area contributed by atoms with E-state index in [2.05, 4.69) is 144 Å². The van der Waals surface area contributed by atoms with Gasteiger partial charge in [-0.15, -0.1) is 11.3 Å². The topological polar surface area (TPSA) is 103 Å². The summed E-state index contributed by atoms with van der Waals surface area (Å²) in [5, 5.41) is 9.76. The van der Waals surface area contributed by atoms with Gasteiger partial charge >= 0.3 is 5.97 Å². The molecule has 2 aliphatic heterocycles. The van der Waals surface area contributed by atoms with Crippen molar-refractivity contribution >= 4 is 63.4 Å². The van der Waals surface area contributed by atoms with Crippen LogP contribution >= 0.6 is 11.3 Å². The van der Waals surface area contributed by atoms with Gasteiger partial charge in [0.15, 0.2) is 0 Å². The molecule has 0 radical (unpaired) electrons. The van der Waals surface area contributed by atoms with Gasteiger partial charge in [-0.1, -0.05) is 184 Å². The van der Waals surface area contributed by atoms with Crippen LogP contribution in [0.4, 0.5) is 17.1 Å². The van der Waals surface area contributed by atoms with E-state index in [4.69, 9.17) is 9.47 Å². The van der Waals surface area contributed by atoms with Gasteiger partial charge in [0.1, 0.15) is 17.4 Å². The fourth-order valence-electron chi connectivity index (χ4n) is 10.9. The van der Waals surface area contributed by atoms with Gasteiger partial charge in [-0.05, 0) is 139 Å². The molecule has 422 valence electrons. The molecule has 2 atom stereocenters. The quantitative estimate of drug-likeness (QED) is 0.0192. The summed E-state index contributed by atoms with van der Waals surface area (Å²) in [4.78, 5) is 51.6. The summed E-state index contributed by atoms with van der Waals surface area (Å²) in [6.45, 7) is 17.2. The molecule has 0 fully saturated rings. The second-order valence-corrected chi connectivity index (χ2v) is 22.8. The maximum absolute atomic E-state index is 15.5. The highest BCUT2D eigenvalue weighted by Crippen LogP contribution is 2.50. The number of anilines is 3. The van der Waals surface area contributed by atoms with Crippen LogP contribution in [-0.4, -0.2) is 53.9 Å². The number of carbonyl (C=O) groups excluding carboxylic acids is 3. The summed E-state index contributed by atoms with van der Waals surface area (Å²) in [5.74, 6) is 0.655. The zero-order valence-corrected chi connectivity index (χ0v) is 49.7. The van der Waals surface area contributed by atoms with Crippen LogP contribution in [0.2, 0.25) is 0 Å². The van der Waals surface area contributed by atoms with E-state index in [9.17, 15) is 10.1 Å². The van der Waals surface area contributed by atoms with Crippen LogP contribution in [-0.2, 0) is 19.1 Å². The molecule has 5 aromatic carbocycles. The number of rotatable bonds is 30. The van der Waals surface area contributed by atoms with E-state index in [0.717, 1.165) is 143 Å². The highest BCUT2D eigenvalue weighted by molar-refractivity contribution is 7.17. The lowest BCUT2D eigenvalue weighted by molar-refractivity contribution is -0.138. The summed E-state index contributed by atoms with van der Waals surface area (Å²) in [5.41, 5.74) is 11.4. The number of hydrogen-bond donors (Lipinski definition) is 0. The minimum Gasteiger partial charge on any atom is -0.494 e. The molecule has 81 heavy (non-hydrogen) atoms. The number of fused-ring (bicyclic) bond motifs is 1. The van der Waals surface area contributed by atoms with E-state index in [0.29, 0.717) is 29.8 Å². The first kappa shape index (κ1) is 59.6. The molecule has 0 spiro atoms. The SMILES string of the molecule is CCCCCCOc1ccc(N(c2ccc(C)cc2)c2ccc(-c3ccc(C4=C5C(=C(c6ccc(-c7ccc(/C=C(\C#N)C(=O)OCCCC)cc7)s6)C(=O)N5CC(CC)CCCC)N(CC(CC)CCCC)C4=O)cc3)cc2)cc1. The molecule has 0 aliphatic carbocycles. The third-order valence-electron chi connectivity index (χ3n) is 15.8. The van der Waals surface area contributed by atoms with Crippen LogP contribution in [0.15, 0.2) is 150 Å². The minimum absolute atomic E-state index is 0.0474. The van der Waals surface area contributed by atoms with Crippen LogP contribution in [0, 0.1) is 30.1 Å². The minimum atomic E-state index is -0.623. The largest absolute Gasteiger partial charge is 0.494 e. The number of esters is 1. The number of thiophene rings is 1. The summed E-state index contributed by atoms with van der Waals surface area (Å²) in [6, 6.07) is 47.8. The number of amides is 2. The number of nitrogens with zero attached hydrogens (tertiary/aromatic N) is 4. The van der Waals surface area contributed by atoms with E-state index < -0.39 is 5.97 Å². The van der Waals surface area contributed by atoms with Gasteiger partial charge in [0.05, 0.1) is 35.8 Å². The Hall–Kier alpha value is -7.48. The molecule has 8 rings (SSSR count).